The van der Waals surface area contributed by atoms with Gasteiger partial charge in [0, 0.05) is 0 Å². The van der Waals surface area contributed by atoms with Crippen molar-refractivity contribution >= 4 is 5.97 Å². The van der Waals surface area contributed by atoms with E-state index in [-0.39, 0.29) is 11.8 Å². The van der Waals surface area contributed by atoms with E-state index in [9.17, 15) is 4.79 Å². The maximum absolute atomic E-state index is 10.5. The Hall–Kier alpha value is -0.530. The molecule has 0 rings (SSSR count). The highest BCUT2D eigenvalue weighted by molar-refractivity contribution is 5.69. The molecule has 0 aliphatic carbocycles. The lowest BCUT2D eigenvalue weighted by molar-refractivity contribution is -0.142. The Kier molecular flexibility index (Phi) is 4.16. The number of hydrogen-bond acceptors (Lipinski definition) is 1. The van der Waals surface area contributed by atoms with Crippen molar-refractivity contribution in [3.05, 3.63) is 0 Å². The van der Waals surface area contributed by atoms with Crippen molar-refractivity contribution in [2.75, 3.05) is 0 Å². The van der Waals surface area contributed by atoms with Gasteiger partial charge in [-0.15, -0.1) is 0 Å². The van der Waals surface area contributed by atoms with Crippen LogP contribution in [0.5, 0.6) is 0 Å². The molecule has 2 unspecified atom stereocenters. The van der Waals surface area contributed by atoms with Gasteiger partial charge >= 0.3 is 5.97 Å². The summed E-state index contributed by atoms with van der Waals surface area (Å²) in [6.45, 7) is 8.00. The highest BCUT2D eigenvalue weighted by Crippen LogP contribution is 2.19. The minimum atomic E-state index is -0.682. The van der Waals surface area contributed by atoms with Gasteiger partial charge in [0.2, 0.25) is 0 Å². The van der Waals surface area contributed by atoms with Gasteiger partial charge in [-0.3, -0.25) is 4.79 Å². The first-order valence-corrected chi connectivity index (χ1v) is 4.18. The minimum Gasteiger partial charge on any atom is -0.481 e. The maximum atomic E-state index is 10.5. The van der Waals surface area contributed by atoms with E-state index in [1.807, 2.05) is 6.92 Å². The molecule has 0 saturated heterocycles. The van der Waals surface area contributed by atoms with Crippen LogP contribution in [0.15, 0.2) is 0 Å². The summed E-state index contributed by atoms with van der Waals surface area (Å²) in [6, 6.07) is 0. The summed E-state index contributed by atoms with van der Waals surface area (Å²) < 4.78 is 0. The molecule has 11 heavy (non-hydrogen) atoms. The zero-order valence-electron chi connectivity index (χ0n) is 7.79. The number of aliphatic carboxylic acids is 1. The Labute approximate surface area is 68.6 Å². The fourth-order valence-corrected chi connectivity index (χ4v) is 1.19. The second-order valence-electron chi connectivity index (χ2n) is 3.73. The molecule has 0 bridgehead atoms. The normalized spacial score (nSPS) is 16.5. The molecular weight excluding hydrogens is 140 g/mol. The summed E-state index contributed by atoms with van der Waals surface area (Å²) in [5.74, 6) is -0.0187. The largest absolute Gasteiger partial charge is 0.481 e. The predicted molar refractivity (Wildman–Crippen MR) is 45.4 cm³/mol. The van der Waals surface area contributed by atoms with Crippen molar-refractivity contribution in [1.29, 1.82) is 0 Å². The molecule has 0 amide bonds. The van der Waals surface area contributed by atoms with E-state index >= 15 is 0 Å². The molecule has 66 valence electrons. The van der Waals surface area contributed by atoms with Crippen LogP contribution in [-0.2, 0) is 4.79 Å². The molecular formula is C9H18O2. The lowest BCUT2D eigenvalue weighted by Crippen LogP contribution is -2.19. The molecule has 0 spiro atoms. The number of rotatable bonds is 4. The Morgan fingerprint density at radius 2 is 1.73 bits per heavy atom. The second kappa shape index (κ2) is 4.37. The summed E-state index contributed by atoms with van der Waals surface area (Å²) >= 11 is 0. The number of carbonyl (C=O) groups is 1. The van der Waals surface area contributed by atoms with Crippen molar-refractivity contribution in [2.24, 2.45) is 17.8 Å². The second-order valence-corrected chi connectivity index (χ2v) is 3.73. The molecule has 0 fully saturated rings. The van der Waals surface area contributed by atoms with E-state index in [1.54, 1.807) is 6.92 Å². The van der Waals surface area contributed by atoms with E-state index in [0.717, 1.165) is 6.42 Å². The summed E-state index contributed by atoms with van der Waals surface area (Å²) in [6.07, 6.45) is 0.994. The third-order valence-corrected chi connectivity index (χ3v) is 2.09. The third kappa shape index (κ3) is 4.02. The first-order valence-electron chi connectivity index (χ1n) is 4.18. The molecule has 0 heterocycles. The van der Waals surface area contributed by atoms with Gasteiger partial charge in [-0.1, -0.05) is 27.7 Å². The number of carboxylic acid groups (broad SMARTS) is 1. The van der Waals surface area contributed by atoms with Crippen LogP contribution in [0.1, 0.15) is 34.1 Å². The third-order valence-electron chi connectivity index (χ3n) is 2.09. The Bertz CT molecular complexity index is 130. The Morgan fingerprint density at radius 3 is 2.00 bits per heavy atom. The van der Waals surface area contributed by atoms with Gasteiger partial charge in [0.1, 0.15) is 0 Å². The lowest BCUT2D eigenvalue weighted by Gasteiger charge is -2.17. The number of carboxylic acids is 1. The molecule has 0 aliphatic heterocycles. The van der Waals surface area contributed by atoms with Gasteiger partial charge < -0.3 is 5.11 Å². The summed E-state index contributed by atoms with van der Waals surface area (Å²) in [7, 11) is 0. The van der Waals surface area contributed by atoms with Crippen LogP contribution in [0.4, 0.5) is 0 Å². The zero-order chi connectivity index (χ0) is 9.02. The van der Waals surface area contributed by atoms with Gasteiger partial charge in [0.05, 0.1) is 5.92 Å². The molecule has 0 aromatic heterocycles. The van der Waals surface area contributed by atoms with Gasteiger partial charge in [0.25, 0.3) is 0 Å². The quantitative estimate of drug-likeness (QED) is 0.682. The summed E-state index contributed by atoms with van der Waals surface area (Å²) in [5.41, 5.74) is 0. The van der Waals surface area contributed by atoms with Crippen molar-refractivity contribution in [3.63, 3.8) is 0 Å². The fraction of sp³-hybridized carbons (Fsp3) is 0.889. The van der Waals surface area contributed by atoms with Crippen molar-refractivity contribution in [3.8, 4) is 0 Å². The predicted octanol–water partition coefficient (Wildman–Crippen LogP) is 2.39. The van der Waals surface area contributed by atoms with Crippen LogP contribution < -0.4 is 0 Å². The van der Waals surface area contributed by atoms with Crippen molar-refractivity contribution < 1.29 is 9.90 Å². The van der Waals surface area contributed by atoms with Crippen LogP contribution >= 0.6 is 0 Å². The SMILES string of the molecule is CC(C)CC(C)C(C)C(=O)O. The maximum Gasteiger partial charge on any atom is 0.306 e. The van der Waals surface area contributed by atoms with E-state index in [1.165, 1.54) is 0 Å². The van der Waals surface area contributed by atoms with Crippen LogP contribution in [-0.4, -0.2) is 11.1 Å². The Balaban J connectivity index is 3.82. The van der Waals surface area contributed by atoms with Crippen LogP contribution in [0, 0.1) is 17.8 Å². The zero-order valence-corrected chi connectivity index (χ0v) is 7.79. The van der Waals surface area contributed by atoms with Gasteiger partial charge in [-0.25, -0.2) is 0 Å². The van der Waals surface area contributed by atoms with Crippen LogP contribution in [0.2, 0.25) is 0 Å². The highest BCUT2D eigenvalue weighted by atomic mass is 16.4. The molecule has 2 heteroatoms. The highest BCUT2D eigenvalue weighted by Gasteiger charge is 2.19. The first-order chi connectivity index (χ1) is 4.95. The van der Waals surface area contributed by atoms with Gasteiger partial charge in [-0.2, -0.15) is 0 Å². The van der Waals surface area contributed by atoms with Crippen LogP contribution in [0.3, 0.4) is 0 Å². The monoisotopic (exact) mass is 158 g/mol. The average Bonchev–Trinajstić information content (AvgIpc) is 1.84. The molecule has 0 aromatic carbocycles. The average molecular weight is 158 g/mol. The first kappa shape index (κ1) is 10.5. The molecule has 0 aromatic rings. The van der Waals surface area contributed by atoms with E-state index in [2.05, 4.69) is 13.8 Å². The van der Waals surface area contributed by atoms with E-state index in [0.29, 0.717) is 5.92 Å². The molecule has 0 saturated carbocycles. The molecule has 0 radical (unpaired) electrons. The smallest absolute Gasteiger partial charge is 0.306 e. The van der Waals surface area contributed by atoms with E-state index in [4.69, 9.17) is 5.11 Å². The number of hydrogen-bond donors (Lipinski definition) is 1. The van der Waals surface area contributed by atoms with Gasteiger partial charge in [0.15, 0.2) is 0 Å². The standard InChI is InChI=1S/C9H18O2/c1-6(2)5-7(3)8(4)9(10)11/h6-8H,5H2,1-4H3,(H,10,11). The lowest BCUT2D eigenvalue weighted by atomic mass is 9.88. The summed E-state index contributed by atoms with van der Waals surface area (Å²) in [4.78, 5) is 10.5. The molecule has 2 atom stereocenters. The fourth-order valence-electron chi connectivity index (χ4n) is 1.19. The molecule has 2 nitrogen and oxygen atoms in total. The van der Waals surface area contributed by atoms with Crippen LogP contribution in [0.25, 0.3) is 0 Å². The molecule has 1 N–H and O–H groups in total. The summed E-state index contributed by atoms with van der Waals surface area (Å²) in [5, 5.41) is 8.67. The Morgan fingerprint density at radius 1 is 1.27 bits per heavy atom. The van der Waals surface area contributed by atoms with E-state index < -0.39 is 5.97 Å². The minimum absolute atomic E-state index is 0.211. The van der Waals surface area contributed by atoms with Gasteiger partial charge in [-0.05, 0) is 18.3 Å². The van der Waals surface area contributed by atoms with Crippen molar-refractivity contribution in [1.82, 2.24) is 0 Å². The van der Waals surface area contributed by atoms with Crippen molar-refractivity contribution in [2.45, 2.75) is 34.1 Å². The molecule has 0 aliphatic rings. The topological polar surface area (TPSA) is 37.3 Å².